The van der Waals surface area contributed by atoms with Crippen molar-refractivity contribution in [2.45, 2.75) is 6.54 Å². The SMILES string of the molecule is Oc1ccccc1-c1ccc(CNNc2ccccc2)cc1. The lowest BCUT2D eigenvalue weighted by atomic mass is 10.0. The van der Waals surface area contributed by atoms with Gasteiger partial charge in [-0.2, -0.15) is 0 Å². The number of benzene rings is 3. The molecule has 0 saturated carbocycles. The van der Waals surface area contributed by atoms with Crippen LogP contribution in [0.25, 0.3) is 11.1 Å². The zero-order valence-electron chi connectivity index (χ0n) is 12.2. The highest BCUT2D eigenvalue weighted by molar-refractivity contribution is 5.70. The number of phenolic OH excluding ortho intramolecular Hbond substituents is 1. The summed E-state index contributed by atoms with van der Waals surface area (Å²) in [6, 6.07) is 25.5. The predicted octanol–water partition coefficient (Wildman–Crippen LogP) is 4.18. The molecule has 0 saturated heterocycles. The minimum atomic E-state index is 0.305. The molecule has 0 atom stereocenters. The largest absolute Gasteiger partial charge is 0.507 e. The Morgan fingerprint density at radius 2 is 1.41 bits per heavy atom. The lowest BCUT2D eigenvalue weighted by molar-refractivity contribution is 0.477. The van der Waals surface area contributed by atoms with Crippen LogP contribution in [0.15, 0.2) is 78.9 Å². The summed E-state index contributed by atoms with van der Waals surface area (Å²) in [5.74, 6) is 0.305. The highest BCUT2D eigenvalue weighted by Gasteiger charge is 2.02. The first kappa shape index (κ1) is 14.2. The Morgan fingerprint density at radius 1 is 0.727 bits per heavy atom. The van der Waals surface area contributed by atoms with E-state index in [0.717, 1.165) is 23.4 Å². The summed E-state index contributed by atoms with van der Waals surface area (Å²) < 4.78 is 0. The van der Waals surface area contributed by atoms with Crippen molar-refractivity contribution in [2.24, 2.45) is 0 Å². The summed E-state index contributed by atoms with van der Waals surface area (Å²) in [5.41, 5.74) is 10.4. The monoisotopic (exact) mass is 290 g/mol. The average Bonchev–Trinajstić information content (AvgIpc) is 2.57. The predicted molar refractivity (Wildman–Crippen MR) is 90.4 cm³/mol. The molecule has 3 heteroatoms. The Kier molecular flexibility index (Phi) is 4.37. The van der Waals surface area contributed by atoms with E-state index in [0.29, 0.717) is 5.75 Å². The van der Waals surface area contributed by atoms with Gasteiger partial charge in [-0.3, -0.25) is 0 Å². The fourth-order valence-electron chi connectivity index (χ4n) is 2.29. The van der Waals surface area contributed by atoms with Gasteiger partial charge in [-0.25, -0.2) is 5.43 Å². The number of rotatable bonds is 5. The molecule has 0 fully saturated rings. The maximum atomic E-state index is 9.88. The summed E-state index contributed by atoms with van der Waals surface area (Å²) in [7, 11) is 0. The van der Waals surface area contributed by atoms with E-state index in [9.17, 15) is 5.11 Å². The number of aromatic hydroxyl groups is 1. The molecule has 0 aliphatic rings. The normalized spacial score (nSPS) is 10.4. The van der Waals surface area contributed by atoms with Crippen LogP contribution in [0.4, 0.5) is 5.69 Å². The van der Waals surface area contributed by atoms with Gasteiger partial charge in [0.05, 0.1) is 0 Å². The number of hydrogen-bond acceptors (Lipinski definition) is 3. The van der Waals surface area contributed by atoms with Crippen molar-refractivity contribution >= 4 is 5.69 Å². The van der Waals surface area contributed by atoms with Gasteiger partial charge in [0, 0.05) is 17.8 Å². The fourth-order valence-corrected chi connectivity index (χ4v) is 2.29. The summed E-state index contributed by atoms with van der Waals surface area (Å²) in [6.07, 6.45) is 0. The molecule has 3 rings (SSSR count). The van der Waals surface area contributed by atoms with Crippen molar-refractivity contribution in [3.63, 3.8) is 0 Å². The lowest BCUT2D eigenvalue weighted by Gasteiger charge is -2.09. The second-order valence-electron chi connectivity index (χ2n) is 5.06. The summed E-state index contributed by atoms with van der Waals surface area (Å²) in [4.78, 5) is 0. The van der Waals surface area contributed by atoms with E-state index >= 15 is 0 Å². The Morgan fingerprint density at radius 3 is 2.14 bits per heavy atom. The van der Waals surface area contributed by atoms with E-state index in [1.165, 1.54) is 5.56 Å². The summed E-state index contributed by atoms with van der Waals surface area (Å²) in [6.45, 7) is 0.718. The molecule has 0 heterocycles. The maximum absolute atomic E-state index is 9.88. The molecule has 3 aromatic carbocycles. The Bertz CT molecular complexity index is 724. The molecule has 110 valence electrons. The van der Waals surface area contributed by atoms with Crippen molar-refractivity contribution in [1.29, 1.82) is 0 Å². The van der Waals surface area contributed by atoms with Crippen LogP contribution in [0.3, 0.4) is 0 Å². The van der Waals surface area contributed by atoms with Crippen molar-refractivity contribution < 1.29 is 5.11 Å². The molecule has 0 bridgehead atoms. The van der Waals surface area contributed by atoms with Gasteiger partial charge >= 0.3 is 0 Å². The van der Waals surface area contributed by atoms with E-state index in [1.54, 1.807) is 6.07 Å². The van der Waals surface area contributed by atoms with E-state index in [4.69, 9.17) is 0 Å². The smallest absolute Gasteiger partial charge is 0.123 e. The van der Waals surface area contributed by atoms with Gasteiger partial charge in [0.1, 0.15) is 5.75 Å². The molecule has 0 aliphatic carbocycles. The second-order valence-corrected chi connectivity index (χ2v) is 5.06. The van der Waals surface area contributed by atoms with E-state index in [1.807, 2.05) is 60.7 Å². The van der Waals surface area contributed by atoms with Crippen LogP contribution < -0.4 is 10.9 Å². The molecule has 0 unspecified atom stereocenters. The zero-order chi connectivity index (χ0) is 15.2. The third-order valence-corrected chi connectivity index (χ3v) is 3.47. The number of hydrazine groups is 1. The van der Waals surface area contributed by atoms with Crippen LogP contribution in [0.1, 0.15) is 5.56 Å². The standard InChI is InChI=1S/C19H18N2O/c22-19-9-5-4-8-18(19)16-12-10-15(11-13-16)14-20-21-17-6-2-1-3-7-17/h1-13,20-22H,14H2. The van der Waals surface area contributed by atoms with Crippen LogP contribution in [0.5, 0.6) is 5.75 Å². The number of hydrogen-bond donors (Lipinski definition) is 3. The van der Waals surface area contributed by atoms with E-state index in [-0.39, 0.29) is 0 Å². The van der Waals surface area contributed by atoms with Gasteiger partial charge in [0.15, 0.2) is 0 Å². The second kappa shape index (κ2) is 6.78. The number of nitrogens with one attached hydrogen (secondary N) is 2. The van der Waals surface area contributed by atoms with Crippen LogP contribution in [0, 0.1) is 0 Å². The molecule has 0 amide bonds. The molecule has 0 aliphatic heterocycles. The first-order valence-corrected chi connectivity index (χ1v) is 7.24. The summed E-state index contributed by atoms with van der Waals surface area (Å²) in [5, 5.41) is 9.88. The number of para-hydroxylation sites is 2. The Labute approximate surface area is 130 Å². The first-order valence-electron chi connectivity index (χ1n) is 7.24. The van der Waals surface area contributed by atoms with Gasteiger partial charge < -0.3 is 10.5 Å². The molecule has 3 aromatic rings. The van der Waals surface area contributed by atoms with Gasteiger partial charge in [-0.05, 0) is 29.3 Å². The van der Waals surface area contributed by atoms with Crippen LogP contribution in [0.2, 0.25) is 0 Å². The fraction of sp³-hybridized carbons (Fsp3) is 0.0526. The van der Waals surface area contributed by atoms with Crippen molar-refractivity contribution in [2.75, 3.05) is 5.43 Å². The van der Waals surface area contributed by atoms with E-state index in [2.05, 4.69) is 23.0 Å². The van der Waals surface area contributed by atoms with Crippen LogP contribution in [-0.2, 0) is 6.54 Å². The van der Waals surface area contributed by atoms with E-state index < -0.39 is 0 Å². The molecule has 3 N–H and O–H groups in total. The molecule has 0 aromatic heterocycles. The number of anilines is 1. The third-order valence-electron chi connectivity index (χ3n) is 3.47. The third kappa shape index (κ3) is 3.45. The van der Waals surface area contributed by atoms with Crippen molar-refractivity contribution in [3.8, 4) is 16.9 Å². The molecular weight excluding hydrogens is 272 g/mol. The average molecular weight is 290 g/mol. The Hall–Kier alpha value is -2.78. The molecule has 0 radical (unpaired) electrons. The van der Waals surface area contributed by atoms with Gasteiger partial charge in [-0.1, -0.05) is 60.7 Å². The van der Waals surface area contributed by atoms with Gasteiger partial charge in [0.2, 0.25) is 0 Å². The Balaban J connectivity index is 1.61. The zero-order valence-corrected chi connectivity index (χ0v) is 12.2. The molecule has 22 heavy (non-hydrogen) atoms. The van der Waals surface area contributed by atoms with Gasteiger partial charge in [0.25, 0.3) is 0 Å². The molecular formula is C19H18N2O. The van der Waals surface area contributed by atoms with Gasteiger partial charge in [-0.15, -0.1) is 0 Å². The highest BCUT2D eigenvalue weighted by Crippen LogP contribution is 2.28. The van der Waals surface area contributed by atoms with Crippen LogP contribution >= 0.6 is 0 Å². The minimum Gasteiger partial charge on any atom is -0.507 e. The topological polar surface area (TPSA) is 44.3 Å². The number of phenols is 1. The quantitative estimate of drug-likeness (QED) is 0.618. The molecule has 3 nitrogen and oxygen atoms in total. The van der Waals surface area contributed by atoms with Crippen molar-refractivity contribution in [1.82, 2.24) is 5.43 Å². The minimum absolute atomic E-state index is 0.305. The lowest BCUT2D eigenvalue weighted by Crippen LogP contribution is -2.20. The molecule has 0 spiro atoms. The van der Waals surface area contributed by atoms with Crippen molar-refractivity contribution in [3.05, 3.63) is 84.4 Å². The van der Waals surface area contributed by atoms with Crippen LogP contribution in [-0.4, -0.2) is 5.11 Å². The summed E-state index contributed by atoms with van der Waals surface area (Å²) >= 11 is 0. The highest BCUT2D eigenvalue weighted by atomic mass is 16.3. The maximum Gasteiger partial charge on any atom is 0.123 e. The first-order chi connectivity index (χ1) is 10.8.